The number of hydrogen-bond donors (Lipinski definition) is 0. The lowest BCUT2D eigenvalue weighted by Gasteiger charge is -2.34. The first-order valence-electron chi connectivity index (χ1n) is 8.95. The van der Waals surface area contributed by atoms with Gasteiger partial charge in [-0.2, -0.15) is 0 Å². The third-order valence-corrected chi connectivity index (χ3v) is 4.25. The quantitative estimate of drug-likeness (QED) is 0.721. The minimum absolute atomic E-state index is 0.0256. The molecule has 0 radical (unpaired) electrons. The molecule has 1 aromatic carbocycles. The molecule has 1 aliphatic rings. The van der Waals surface area contributed by atoms with Gasteiger partial charge < -0.3 is 14.5 Å². The summed E-state index contributed by atoms with van der Waals surface area (Å²) in [7, 11) is 0. The fraction of sp³-hybridized carbons (Fsp3) is 0.579. The summed E-state index contributed by atoms with van der Waals surface area (Å²) in [5.41, 5.74) is 0.672. The van der Waals surface area contributed by atoms with Gasteiger partial charge in [-0.1, -0.05) is 20.3 Å². The van der Waals surface area contributed by atoms with Crippen molar-refractivity contribution in [2.45, 2.75) is 39.5 Å². The Labute approximate surface area is 144 Å². The zero-order valence-corrected chi connectivity index (χ0v) is 14.8. The third-order valence-electron chi connectivity index (χ3n) is 4.25. The second kappa shape index (κ2) is 9.30. The lowest BCUT2D eigenvalue weighted by Crippen LogP contribution is -2.50. The van der Waals surface area contributed by atoms with Gasteiger partial charge in [-0.25, -0.2) is 0 Å². The monoisotopic (exact) mass is 332 g/mol. The van der Waals surface area contributed by atoms with Crippen LogP contribution in [0.4, 0.5) is 0 Å². The number of nitrogens with zero attached hydrogens (tertiary/aromatic N) is 2. The number of ether oxygens (including phenoxy) is 1. The molecule has 5 heteroatoms. The maximum atomic E-state index is 12.6. The van der Waals surface area contributed by atoms with Crippen LogP contribution in [0.2, 0.25) is 0 Å². The van der Waals surface area contributed by atoms with Crippen molar-refractivity contribution >= 4 is 11.8 Å². The largest absolute Gasteiger partial charge is 0.494 e. The summed E-state index contributed by atoms with van der Waals surface area (Å²) in [4.78, 5) is 28.1. The van der Waals surface area contributed by atoms with Gasteiger partial charge in [0.15, 0.2) is 0 Å². The first kappa shape index (κ1) is 18.3. The SMILES string of the molecule is CCCCOc1ccc(C(=O)N2CCN(C(=O)CCC)CC2)cc1. The Kier molecular flexibility index (Phi) is 7.09. The van der Waals surface area contributed by atoms with E-state index in [1.54, 1.807) is 0 Å². The Morgan fingerprint density at radius 1 is 0.958 bits per heavy atom. The molecule has 0 aromatic heterocycles. The molecule has 1 fully saturated rings. The number of benzene rings is 1. The number of hydrogen-bond acceptors (Lipinski definition) is 3. The molecule has 2 amide bonds. The highest BCUT2D eigenvalue weighted by atomic mass is 16.5. The minimum Gasteiger partial charge on any atom is -0.494 e. The summed E-state index contributed by atoms with van der Waals surface area (Å²) in [5, 5.41) is 0. The van der Waals surface area contributed by atoms with E-state index < -0.39 is 0 Å². The van der Waals surface area contributed by atoms with Crippen LogP contribution in [0.25, 0.3) is 0 Å². The van der Waals surface area contributed by atoms with Gasteiger partial charge in [0, 0.05) is 38.2 Å². The van der Waals surface area contributed by atoms with Crippen molar-refractivity contribution in [2.24, 2.45) is 0 Å². The van der Waals surface area contributed by atoms with Gasteiger partial charge >= 0.3 is 0 Å². The van der Waals surface area contributed by atoms with E-state index in [4.69, 9.17) is 4.74 Å². The molecule has 132 valence electrons. The van der Waals surface area contributed by atoms with Crippen molar-refractivity contribution in [1.29, 1.82) is 0 Å². The number of carbonyl (C=O) groups excluding carboxylic acids is 2. The zero-order chi connectivity index (χ0) is 17.4. The number of carbonyl (C=O) groups is 2. The van der Waals surface area contributed by atoms with Crippen molar-refractivity contribution < 1.29 is 14.3 Å². The van der Waals surface area contributed by atoms with E-state index in [1.165, 1.54) is 0 Å². The van der Waals surface area contributed by atoms with Gasteiger partial charge in [0.05, 0.1) is 6.61 Å². The van der Waals surface area contributed by atoms with Gasteiger partial charge in [0.25, 0.3) is 5.91 Å². The highest BCUT2D eigenvalue weighted by Crippen LogP contribution is 2.15. The maximum Gasteiger partial charge on any atom is 0.253 e. The van der Waals surface area contributed by atoms with E-state index >= 15 is 0 Å². The summed E-state index contributed by atoms with van der Waals surface area (Å²) in [6.07, 6.45) is 3.59. The summed E-state index contributed by atoms with van der Waals surface area (Å²) in [5.74, 6) is 1.02. The van der Waals surface area contributed by atoms with Crippen molar-refractivity contribution in [1.82, 2.24) is 9.80 Å². The smallest absolute Gasteiger partial charge is 0.253 e. The van der Waals surface area contributed by atoms with E-state index in [0.29, 0.717) is 44.8 Å². The average Bonchev–Trinajstić information content (AvgIpc) is 2.62. The molecule has 1 aromatic rings. The van der Waals surface area contributed by atoms with Crippen LogP contribution >= 0.6 is 0 Å². The molecule has 0 unspecified atom stereocenters. The first-order valence-corrected chi connectivity index (χ1v) is 8.95. The number of piperazine rings is 1. The lowest BCUT2D eigenvalue weighted by atomic mass is 10.1. The normalized spacial score (nSPS) is 14.6. The van der Waals surface area contributed by atoms with Crippen LogP contribution in [0.1, 0.15) is 49.9 Å². The number of rotatable bonds is 7. The Morgan fingerprint density at radius 2 is 1.58 bits per heavy atom. The number of unbranched alkanes of at least 4 members (excludes halogenated alkanes) is 1. The Morgan fingerprint density at radius 3 is 2.17 bits per heavy atom. The standard InChI is InChI=1S/C19H28N2O3/c1-3-5-15-24-17-9-7-16(8-10-17)19(23)21-13-11-20(12-14-21)18(22)6-4-2/h7-10H,3-6,11-15H2,1-2H3. The summed E-state index contributed by atoms with van der Waals surface area (Å²) >= 11 is 0. The van der Waals surface area contributed by atoms with Crippen LogP contribution in [0.5, 0.6) is 5.75 Å². The van der Waals surface area contributed by atoms with Gasteiger partial charge in [0.1, 0.15) is 5.75 Å². The highest BCUT2D eigenvalue weighted by molar-refractivity contribution is 5.94. The van der Waals surface area contributed by atoms with E-state index in [9.17, 15) is 9.59 Å². The number of amides is 2. The fourth-order valence-corrected chi connectivity index (χ4v) is 2.74. The van der Waals surface area contributed by atoms with Crippen LogP contribution in [0.3, 0.4) is 0 Å². The summed E-state index contributed by atoms with van der Waals surface area (Å²) in [6, 6.07) is 7.34. The van der Waals surface area contributed by atoms with E-state index in [2.05, 4.69) is 6.92 Å². The summed E-state index contributed by atoms with van der Waals surface area (Å²) < 4.78 is 5.62. The third kappa shape index (κ3) is 4.98. The first-order chi connectivity index (χ1) is 11.7. The molecule has 0 N–H and O–H groups in total. The predicted octanol–water partition coefficient (Wildman–Crippen LogP) is 2.95. The van der Waals surface area contributed by atoms with E-state index in [1.807, 2.05) is 41.0 Å². The van der Waals surface area contributed by atoms with Crippen LogP contribution in [0, 0.1) is 0 Å². The van der Waals surface area contributed by atoms with Gasteiger partial charge in [-0.15, -0.1) is 0 Å². The topological polar surface area (TPSA) is 49.9 Å². The summed E-state index contributed by atoms with van der Waals surface area (Å²) in [6.45, 7) is 7.29. The lowest BCUT2D eigenvalue weighted by molar-refractivity contribution is -0.132. The van der Waals surface area contributed by atoms with Crippen molar-refractivity contribution in [2.75, 3.05) is 32.8 Å². The van der Waals surface area contributed by atoms with Gasteiger partial charge in [-0.05, 0) is 37.1 Å². The zero-order valence-electron chi connectivity index (χ0n) is 14.8. The molecule has 0 atom stereocenters. The Bertz CT molecular complexity index is 534. The fourth-order valence-electron chi connectivity index (χ4n) is 2.74. The molecule has 24 heavy (non-hydrogen) atoms. The molecule has 1 heterocycles. The van der Waals surface area contributed by atoms with Crippen molar-refractivity contribution in [3.8, 4) is 5.75 Å². The Balaban J connectivity index is 1.85. The Hall–Kier alpha value is -2.04. The van der Waals surface area contributed by atoms with Crippen LogP contribution in [0.15, 0.2) is 24.3 Å². The van der Waals surface area contributed by atoms with Crippen molar-refractivity contribution in [3.05, 3.63) is 29.8 Å². The predicted molar refractivity (Wildman–Crippen MR) is 94.2 cm³/mol. The molecule has 0 aliphatic carbocycles. The molecule has 0 spiro atoms. The van der Waals surface area contributed by atoms with Crippen molar-refractivity contribution in [3.63, 3.8) is 0 Å². The molecule has 2 rings (SSSR count). The molecule has 1 aliphatic heterocycles. The molecule has 0 bridgehead atoms. The van der Waals surface area contributed by atoms with E-state index in [0.717, 1.165) is 25.0 Å². The molecule has 1 saturated heterocycles. The molecular weight excluding hydrogens is 304 g/mol. The maximum absolute atomic E-state index is 12.6. The second-order valence-corrected chi connectivity index (χ2v) is 6.15. The average molecular weight is 332 g/mol. The van der Waals surface area contributed by atoms with E-state index in [-0.39, 0.29) is 11.8 Å². The molecular formula is C19H28N2O3. The van der Waals surface area contributed by atoms with Crippen LogP contribution in [-0.4, -0.2) is 54.4 Å². The van der Waals surface area contributed by atoms with Crippen LogP contribution in [-0.2, 0) is 4.79 Å². The molecule has 0 saturated carbocycles. The molecule has 5 nitrogen and oxygen atoms in total. The van der Waals surface area contributed by atoms with Crippen LogP contribution < -0.4 is 4.74 Å². The van der Waals surface area contributed by atoms with Gasteiger partial charge in [-0.3, -0.25) is 9.59 Å². The van der Waals surface area contributed by atoms with Gasteiger partial charge in [0.2, 0.25) is 5.91 Å². The highest BCUT2D eigenvalue weighted by Gasteiger charge is 2.24. The minimum atomic E-state index is 0.0256. The second-order valence-electron chi connectivity index (χ2n) is 6.15.